The first-order chi connectivity index (χ1) is 7.24. The number of hydrogen-bond donors (Lipinski definition) is 2. The summed E-state index contributed by atoms with van der Waals surface area (Å²) in [6, 6.07) is 0. The molecule has 1 aliphatic heterocycles. The van der Waals surface area contributed by atoms with Gasteiger partial charge < -0.3 is 14.9 Å². The zero-order valence-electron chi connectivity index (χ0n) is 10.7. The molecule has 0 spiro atoms. The smallest absolute Gasteiger partial charge is 0.0726 e. The van der Waals surface area contributed by atoms with Crippen LogP contribution < -0.4 is 0 Å². The number of hydrogen-bond acceptors (Lipinski definition) is 3. The van der Waals surface area contributed by atoms with E-state index in [0.29, 0.717) is 12.3 Å². The third kappa shape index (κ3) is 1.89. The van der Waals surface area contributed by atoms with Gasteiger partial charge in [0.05, 0.1) is 23.4 Å². The molecule has 1 saturated heterocycles. The average molecular weight is 228 g/mol. The highest BCUT2D eigenvalue weighted by Gasteiger charge is 2.55. The maximum absolute atomic E-state index is 10.7. The molecule has 1 aliphatic carbocycles. The summed E-state index contributed by atoms with van der Waals surface area (Å²) in [6.45, 7) is 8.01. The molecule has 1 heterocycles. The van der Waals surface area contributed by atoms with Crippen LogP contribution in [0.3, 0.4) is 0 Å². The Hall–Kier alpha value is -0.120. The van der Waals surface area contributed by atoms with Crippen LogP contribution in [0.15, 0.2) is 0 Å². The summed E-state index contributed by atoms with van der Waals surface area (Å²) < 4.78 is 6.02. The molecule has 94 valence electrons. The molecule has 16 heavy (non-hydrogen) atoms. The van der Waals surface area contributed by atoms with Gasteiger partial charge in [0.25, 0.3) is 0 Å². The summed E-state index contributed by atoms with van der Waals surface area (Å²) in [6.07, 6.45) is 1.96. The highest BCUT2D eigenvalue weighted by atomic mass is 16.5. The molecule has 0 aromatic heterocycles. The van der Waals surface area contributed by atoms with E-state index in [0.717, 1.165) is 12.8 Å². The highest BCUT2D eigenvalue weighted by Crippen LogP contribution is 2.51. The molecule has 2 fully saturated rings. The second-order valence-electron chi connectivity index (χ2n) is 6.34. The molecular formula is C13H24O3. The van der Waals surface area contributed by atoms with E-state index in [1.54, 1.807) is 6.92 Å². The average Bonchev–Trinajstić information content (AvgIpc) is 2.35. The zero-order chi connectivity index (χ0) is 12.1. The summed E-state index contributed by atoms with van der Waals surface area (Å²) in [5, 5.41) is 20.2. The number of ether oxygens (including phenoxy) is 1. The second-order valence-corrected chi connectivity index (χ2v) is 6.34. The zero-order valence-corrected chi connectivity index (χ0v) is 10.7. The predicted molar refractivity (Wildman–Crippen MR) is 62.1 cm³/mol. The van der Waals surface area contributed by atoms with Crippen molar-refractivity contribution in [1.82, 2.24) is 0 Å². The standard InChI is InChI=1S/C13H24O3/c1-8(14)6-13(15)7-10-5-11(9(13)2)16-12(10,3)4/h8-11,14-15H,5-7H2,1-4H3/t8-,9+,10-,11+,13-/m1/s1. The van der Waals surface area contributed by atoms with Gasteiger partial charge >= 0.3 is 0 Å². The molecule has 0 amide bonds. The maximum atomic E-state index is 10.7. The van der Waals surface area contributed by atoms with Gasteiger partial charge in [0.15, 0.2) is 0 Å². The number of rotatable bonds is 2. The van der Waals surface area contributed by atoms with Crippen LogP contribution in [0.25, 0.3) is 0 Å². The number of aliphatic hydroxyl groups excluding tert-OH is 1. The molecule has 3 heteroatoms. The lowest BCUT2D eigenvalue weighted by Gasteiger charge is -2.42. The molecular weight excluding hydrogens is 204 g/mol. The quantitative estimate of drug-likeness (QED) is 0.756. The molecule has 0 aromatic carbocycles. The number of fused-ring (bicyclic) bond motifs is 2. The molecule has 1 saturated carbocycles. The van der Waals surface area contributed by atoms with E-state index in [9.17, 15) is 10.2 Å². The second kappa shape index (κ2) is 3.69. The monoisotopic (exact) mass is 228 g/mol. The Morgan fingerprint density at radius 1 is 1.44 bits per heavy atom. The van der Waals surface area contributed by atoms with Gasteiger partial charge in [0.2, 0.25) is 0 Å². The molecule has 2 aliphatic rings. The van der Waals surface area contributed by atoms with Gasteiger partial charge in [-0.15, -0.1) is 0 Å². The van der Waals surface area contributed by atoms with E-state index in [1.807, 2.05) is 6.92 Å². The number of aliphatic hydroxyl groups is 2. The maximum Gasteiger partial charge on any atom is 0.0726 e. The van der Waals surface area contributed by atoms with Gasteiger partial charge in [0, 0.05) is 12.3 Å². The van der Waals surface area contributed by atoms with Gasteiger partial charge in [-0.05, 0) is 39.5 Å². The predicted octanol–water partition coefficient (Wildman–Crippen LogP) is 1.71. The van der Waals surface area contributed by atoms with Crippen LogP contribution >= 0.6 is 0 Å². The summed E-state index contributed by atoms with van der Waals surface area (Å²) in [4.78, 5) is 0. The SMILES string of the molecule is C[C@@H](O)C[C@@]1(O)C[C@H]2C[C@H](OC2(C)C)[C@@H]1C. The van der Waals surface area contributed by atoms with E-state index < -0.39 is 11.7 Å². The largest absolute Gasteiger partial charge is 0.393 e. The van der Waals surface area contributed by atoms with Crippen molar-refractivity contribution in [3.63, 3.8) is 0 Å². The molecule has 0 aromatic rings. The van der Waals surface area contributed by atoms with Crippen molar-refractivity contribution >= 4 is 0 Å². The van der Waals surface area contributed by atoms with Crippen molar-refractivity contribution < 1.29 is 14.9 Å². The fourth-order valence-electron chi connectivity index (χ4n) is 3.47. The Morgan fingerprint density at radius 3 is 2.62 bits per heavy atom. The lowest BCUT2D eigenvalue weighted by Crippen LogP contribution is -2.48. The minimum Gasteiger partial charge on any atom is -0.393 e. The van der Waals surface area contributed by atoms with Gasteiger partial charge in [-0.2, -0.15) is 0 Å². The minimum absolute atomic E-state index is 0.111. The van der Waals surface area contributed by atoms with Crippen molar-refractivity contribution in [3.8, 4) is 0 Å². The highest BCUT2D eigenvalue weighted by molar-refractivity contribution is 5.05. The molecule has 5 atom stereocenters. The van der Waals surface area contributed by atoms with E-state index in [2.05, 4.69) is 13.8 Å². The van der Waals surface area contributed by atoms with Crippen LogP contribution in [0.1, 0.15) is 47.0 Å². The Balaban J connectivity index is 2.19. The van der Waals surface area contributed by atoms with Crippen molar-refractivity contribution in [3.05, 3.63) is 0 Å². The van der Waals surface area contributed by atoms with Gasteiger partial charge in [-0.25, -0.2) is 0 Å². The lowest BCUT2D eigenvalue weighted by atomic mass is 9.66. The molecule has 3 nitrogen and oxygen atoms in total. The Morgan fingerprint density at radius 2 is 2.06 bits per heavy atom. The summed E-state index contributed by atoms with van der Waals surface area (Å²) in [5.41, 5.74) is -0.877. The van der Waals surface area contributed by atoms with Crippen LogP contribution in [0.2, 0.25) is 0 Å². The lowest BCUT2D eigenvalue weighted by molar-refractivity contribution is -0.107. The van der Waals surface area contributed by atoms with Crippen molar-refractivity contribution in [2.75, 3.05) is 0 Å². The Bertz CT molecular complexity index is 274. The van der Waals surface area contributed by atoms with Gasteiger partial charge in [0.1, 0.15) is 0 Å². The molecule has 0 unspecified atom stereocenters. The van der Waals surface area contributed by atoms with Gasteiger partial charge in [-0.3, -0.25) is 0 Å². The normalized spacial score (nSPS) is 48.0. The first kappa shape index (κ1) is 12.3. The van der Waals surface area contributed by atoms with Crippen molar-refractivity contribution in [1.29, 1.82) is 0 Å². The van der Waals surface area contributed by atoms with E-state index >= 15 is 0 Å². The fourth-order valence-corrected chi connectivity index (χ4v) is 3.47. The molecule has 0 radical (unpaired) electrons. The first-order valence-electron chi connectivity index (χ1n) is 6.33. The van der Waals surface area contributed by atoms with E-state index in [-0.39, 0.29) is 17.6 Å². The topological polar surface area (TPSA) is 49.7 Å². The minimum atomic E-state index is -0.754. The van der Waals surface area contributed by atoms with Crippen LogP contribution in [-0.4, -0.2) is 33.6 Å². The fraction of sp³-hybridized carbons (Fsp3) is 1.00. The van der Waals surface area contributed by atoms with E-state index in [1.165, 1.54) is 0 Å². The van der Waals surface area contributed by atoms with Crippen LogP contribution in [0.4, 0.5) is 0 Å². The Labute approximate surface area is 97.8 Å². The summed E-state index contributed by atoms with van der Waals surface area (Å²) in [7, 11) is 0. The van der Waals surface area contributed by atoms with Crippen molar-refractivity contribution in [2.45, 2.75) is 70.4 Å². The third-order valence-corrected chi connectivity index (χ3v) is 4.61. The van der Waals surface area contributed by atoms with Crippen LogP contribution in [0.5, 0.6) is 0 Å². The molecule has 2 rings (SSSR count). The first-order valence-corrected chi connectivity index (χ1v) is 6.33. The Kier molecular flexibility index (Phi) is 2.84. The molecule has 2 N–H and O–H groups in total. The van der Waals surface area contributed by atoms with Gasteiger partial charge in [-0.1, -0.05) is 6.92 Å². The molecule has 2 bridgehead atoms. The summed E-state index contributed by atoms with van der Waals surface area (Å²) in [5.74, 6) is 0.526. The van der Waals surface area contributed by atoms with Crippen LogP contribution in [-0.2, 0) is 4.74 Å². The van der Waals surface area contributed by atoms with E-state index in [4.69, 9.17) is 4.74 Å². The summed E-state index contributed by atoms with van der Waals surface area (Å²) >= 11 is 0. The third-order valence-electron chi connectivity index (χ3n) is 4.61. The van der Waals surface area contributed by atoms with Crippen LogP contribution in [0, 0.1) is 11.8 Å². The van der Waals surface area contributed by atoms with Crippen molar-refractivity contribution in [2.24, 2.45) is 11.8 Å².